The molecule has 1 aromatic heterocycles. The number of methoxy groups -OCH3 is 1. The fraction of sp³-hybridized carbons (Fsp3) is 0.429. The third-order valence-electron chi connectivity index (χ3n) is 2.84. The summed E-state index contributed by atoms with van der Waals surface area (Å²) >= 11 is 6.09. The quantitative estimate of drug-likeness (QED) is 0.703. The van der Waals surface area contributed by atoms with Gasteiger partial charge in [0.25, 0.3) is 0 Å². The molecule has 5 nitrogen and oxygen atoms in total. The zero-order chi connectivity index (χ0) is 14.2. The van der Waals surface area contributed by atoms with E-state index in [0.29, 0.717) is 25.1 Å². The third-order valence-corrected chi connectivity index (χ3v) is 3.12. The van der Waals surface area contributed by atoms with Crippen molar-refractivity contribution in [3.8, 4) is 11.4 Å². The average Bonchev–Trinajstić information content (AvgIpc) is 2.85. The van der Waals surface area contributed by atoms with Gasteiger partial charge < -0.3 is 9.47 Å². The van der Waals surface area contributed by atoms with Gasteiger partial charge in [0.05, 0.1) is 13.2 Å². The van der Waals surface area contributed by atoms with Gasteiger partial charge in [-0.1, -0.05) is 30.3 Å². The van der Waals surface area contributed by atoms with Crippen LogP contribution in [-0.4, -0.2) is 41.7 Å². The molecule has 0 atom stereocenters. The van der Waals surface area contributed by atoms with Crippen molar-refractivity contribution in [1.29, 1.82) is 0 Å². The van der Waals surface area contributed by atoms with Gasteiger partial charge in [0.15, 0.2) is 5.82 Å². The molecule has 0 spiro atoms. The molecule has 0 aliphatic rings. The molecule has 20 heavy (non-hydrogen) atoms. The van der Waals surface area contributed by atoms with Crippen LogP contribution in [0.3, 0.4) is 0 Å². The second-order valence-corrected chi connectivity index (χ2v) is 4.61. The normalized spacial score (nSPS) is 10.9. The molecule has 0 aliphatic carbocycles. The van der Waals surface area contributed by atoms with Gasteiger partial charge in [0, 0.05) is 25.8 Å². The maximum absolute atomic E-state index is 6.09. The molecule has 2 aromatic rings. The van der Waals surface area contributed by atoms with Crippen LogP contribution in [0.25, 0.3) is 11.4 Å². The van der Waals surface area contributed by atoms with Crippen LogP contribution in [0, 0.1) is 0 Å². The summed E-state index contributed by atoms with van der Waals surface area (Å²) in [6.07, 6.45) is 0.849. The van der Waals surface area contributed by atoms with Gasteiger partial charge in [-0.2, -0.15) is 0 Å². The van der Waals surface area contributed by atoms with Gasteiger partial charge >= 0.3 is 0 Å². The monoisotopic (exact) mass is 295 g/mol. The zero-order valence-corrected chi connectivity index (χ0v) is 12.2. The molecular weight excluding hydrogens is 278 g/mol. The third kappa shape index (κ3) is 4.03. The van der Waals surface area contributed by atoms with Crippen LogP contribution in [0.15, 0.2) is 30.3 Å². The molecular formula is C14H18ClN3O2. The van der Waals surface area contributed by atoms with Gasteiger partial charge in [-0.05, 0) is 18.0 Å². The van der Waals surface area contributed by atoms with Gasteiger partial charge in [0.2, 0.25) is 5.28 Å². The Morgan fingerprint density at radius 3 is 2.65 bits per heavy atom. The van der Waals surface area contributed by atoms with Crippen molar-refractivity contribution >= 4 is 11.6 Å². The average molecular weight is 296 g/mol. The molecule has 0 N–H and O–H groups in total. The van der Waals surface area contributed by atoms with E-state index in [1.54, 1.807) is 7.11 Å². The first-order chi connectivity index (χ1) is 9.83. The standard InChI is InChI=1S/C14H18ClN3O2/c1-19-10-11-20-9-5-8-18-13(16-17-14(18)15)12-6-3-2-4-7-12/h2-4,6-7H,5,8-11H2,1H3. The first-order valence-corrected chi connectivity index (χ1v) is 6.91. The minimum absolute atomic E-state index is 0.403. The maximum Gasteiger partial charge on any atom is 0.225 e. The van der Waals surface area contributed by atoms with Crippen molar-refractivity contribution in [1.82, 2.24) is 14.8 Å². The largest absolute Gasteiger partial charge is 0.382 e. The molecule has 0 fully saturated rings. The summed E-state index contributed by atoms with van der Waals surface area (Å²) in [6.45, 7) is 2.61. The topological polar surface area (TPSA) is 49.2 Å². The summed E-state index contributed by atoms with van der Waals surface area (Å²) in [6, 6.07) is 9.89. The van der Waals surface area contributed by atoms with Gasteiger partial charge in [0.1, 0.15) is 0 Å². The van der Waals surface area contributed by atoms with E-state index in [0.717, 1.165) is 24.4 Å². The Morgan fingerprint density at radius 1 is 1.10 bits per heavy atom. The number of benzene rings is 1. The molecule has 0 aliphatic heterocycles. The molecule has 0 saturated heterocycles. The molecule has 1 aromatic carbocycles. The lowest BCUT2D eigenvalue weighted by Gasteiger charge is -2.08. The van der Waals surface area contributed by atoms with Crippen LogP contribution in [0.4, 0.5) is 0 Å². The lowest BCUT2D eigenvalue weighted by Crippen LogP contribution is -2.07. The second-order valence-electron chi connectivity index (χ2n) is 4.27. The predicted molar refractivity (Wildman–Crippen MR) is 77.8 cm³/mol. The fourth-order valence-corrected chi connectivity index (χ4v) is 2.05. The van der Waals surface area contributed by atoms with Crippen LogP contribution in [-0.2, 0) is 16.0 Å². The highest BCUT2D eigenvalue weighted by molar-refractivity contribution is 6.28. The van der Waals surface area contributed by atoms with Crippen LogP contribution in [0.2, 0.25) is 5.28 Å². The van der Waals surface area contributed by atoms with Crippen LogP contribution in [0.1, 0.15) is 6.42 Å². The van der Waals surface area contributed by atoms with Crippen molar-refractivity contribution < 1.29 is 9.47 Å². The number of rotatable bonds is 8. The Hall–Kier alpha value is -1.43. The first kappa shape index (κ1) is 15.0. The molecule has 0 radical (unpaired) electrons. The first-order valence-electron chi connectivity index (χ1n) is 6.53. The van der Waals surface area contributed by atoms with E-state index in [-0.39, 0.29) is 0 Å². The number of aromatic nitrogens is 3. The van der Waals surface area contributed by atoms with Crippen molar-refractivity contribution in [2.24, 2.45) is 0 Å². The lowest BCUT2D eigenvalue weighted by atomic mass is 10.2. The van der Waals surface area contributed by atoms with E-state index in [9.17, 15) is 0 Å². The van der Waals surface area contributed by atoms with E-state index < -0.39 is 0 Å². The SMILES string of the molecule is COCCOCCCn1c(Cl)nnc1-c1ccccc1. The van der Waals surface area contributed by atoms with Crippen molar-refractivity contribution in [3.05, 3.63) is 35.6 Å². The Morgan fingerprint density at radius 2 is 1.90 bits per heavy atom. The minimum Gasteiger partial charge on any atom is -0.382 e. The molecule has 2 rings (SSSR count). The summed E-state index contributed by atoms with van der Waals surface area (Å²) in [4.78, 5) is 0. The molecule has 108 valence electrons. The van der Waals surface area contributed by atoms with Gasteiger partial charge in [-0.3, -0.25) is 4.57 Å². The van der Waals surface area contributed by atoms with Crippen molar-refractivity contribution in [2.75, 3.05) is 26.9 Å². The Balaban J connectivity index is 1.93. The van der Waals surface area contributed by atoms with E-state index >= 15 is 0 Å². The van der Waals surface area contributed by atoms with E-state index in [1.165, 1.54) is 0 Å². The predicted octanol–water partition coefficient (Wildman–Crippen LogP) is 2.65. The Bertz CT molecular complexity index is 516. The maximum atomic E-state index is 6.09. The van der Waals surface area contributed by atoms with Gasteiger partial charge in [-0.25, -0.2) is 0 Å². The molecule has 0 bridgehead atoms. The minimum atomic E-state index is 0.403. The summed E-state index contributed by atoms with van der Waals surface area (Å²) in [5.41, 5.74) is 1.01. The number of ether oxygens (including phenoxy) is 2. The molecule has 0 unspecified atom stereocenters. The molecule has 0 saturated carbocycles. The van der Waals surface area contributed by atoms with E-state index in [2.05, 4.69) is 10.2 Å². The number of halogens is 1. The summed E-state index contributed by atoms with van der Waals surface area (Å²) in [5, 5.41) is 8.48. The van der Waals surface area contributed by atoms with E-state index in [1.807, 2.05) is 34.9 Å². The Labute approximate surface area is 123 Å². The van der Waals surface area contributed by atoms with Gasteiger partial charge in [-0.15, -0.1) is 10.2 Å². The smallest absolute Gasteiger partial charge is 0.225 e. The Kier molecular flexibility index (Phi) is 5.98. The highest BCUT2D eigenvalue weighted by atomic mass is 35.5. The molecule has 6 heteroatoms. The number of hydrogen-bond acceptors (Lipinski definition) is 4. The molecule has 0 amide bonds. The number of nitrogens with zero attached hydrogens (tertiary/aromatic N) is 3. The highest BCUT2D eigenvalue weighted by Crippen LogP contribution is 2.20. The summed E-state index contributed by atoms with van der Waals surface area (Å²) in [5.74, 6) is 0.785. The fourth-order valence-electron chi connectivity index (χ4n) is 1.85. The van der Waals surface area contributed by atoms with Crippen LogP contribution < -0.4 is 0 Å². The van der Waals surface area contributed by atoms with Crippen molar-refractivity contribution in [2.45, 2.75) is 13.0 Å². The highest BCUT2D eigenvalue weighted by Gasteiger charge is 2.11. The van der Waals surface area contributed by atoms with E-state index in [4.69, 9.17) is 21.1 Å². The second kappa shape index (κ2) is 7.99. The lowest BCUT2D eigenvalue weighted by molar-refractivity contribution is 0.0680. The molecule has 1 heterocycles. The van der Waals surface area contributed by atoms with Crippen LogP contribution in [0.5, 0.6) is 0 Å². The summed E-state index contributed by atoms with van der Waals surface area (Å²) in [7, 11) is 1.66. The zero-order valence-electron chi connectivity index (χ0n) is 11.5. The van der Waals surface area contributed by atoms with Crippen LogP contribution >= 0.6 is 11.6 Å². The number of hydrogen-bond donors (Lipinski definition) is 0. The van der Waals surface area contributed by atoms with Crippen molar-refractivity contribution in [3.63, 3.8) is 0 Å². The summed E-state index contributed by atoms with van der Waals surface area (Å²) < 4.78 is 12.3.